The number of aryl methyl sites for hydroxylation is 2. The Morgan fingerprint density at radius 3 is 2.24 bits per heavy atom. The molecule has 7 heteroatoms. The van der Waals surface area contributed by atoms with Gasteiger partial charge in [0.15, 0.2) is 0 Å². The number of rotatable bonds is 4. The Kier molecular flexibility index (Phi) is 5.43. The fourth-order valence-corrected chi connectivity index (χ4v) is 5.72. The number of hydrazone groups is 1. The molecule has 1 aliphatic heterocycles. The third-order valence-corrected chi connectivity index (χ3v) is 7.89. The number of aromatic nitrogens is 1. The Morgan fingerprint density at radius 1 is 0.909 bits per heavy atom. The lowest BCUT2D eigenvalue weighted by atomic mass is 9.98. The van der Waals surface area contributed by atoms with Gasteiger partial charge in [-0.3, -0.25) is 0 Å². The molecule has 33 heavy (non-hydrogen) atoms. The van der Waals surface area contributed by atoms with Gasteiger partial charge in [-0.1, -0.05) is 77.3 Å². The van der Waals surface area contributed by atoms with Crippen molar-refractivity contribution in [2.75, 3.05) is 0 Å². The molecule has 4 aromatic rings. The van der Waals surface area contributed by atoms with Gasteiger partial charge in [0, 0.05) is 17.4 Å². The van der Waals surface area contributed by atoms with Gasteiger partial charge in [0.1, 0.15) is 5.15 Å². The van der Waals surface area contributed by atoms with E-state index in [9.17, 15) is 8.42 Å². The molecular formula is C26H22ClN3O2S. The molecule has 2 heterocycles. The molecule has 0 saturated heterocycles. The Balaban J connectivity index is 1.65. The molecule has 0 amide bonds. The van der Waals surface area contributed by atoms with E-state index in [1.54, 1.807) is 24.3 Å². The van der Waals surface area contributed by atoms with Crippen LogP contribution >= 0.6 is 11.6 Å². The van der Waals surface area contributed by atoms with Crippen molar-refractivity contribution < 1.29 is 8.42 Å². The molecule has 1 unspecified atom stereocenters. The smallest absolute Gasteiger partial charge is 0.236 e. The Labute approximate surface area is 198 Å². The minimum Gasteiger partial charge on any atom is -0.236 e. The molecule has 1 atom stereocenters. The summed E-state index contributed by atoms with van der Waals surface area (Å²) in [5, 5.41) is 5.79. The van der Waals surface area contributed by atoms with Gasteiger partial charge in [-0.05, 0) is 43.7 Å². The topological polar surface area (TPSA) is 62.6 Å². The van der Waals surface area contributed by atoms with Gasteiger partial charge in [0.05, 0.1) is 22.2 Å². The summed E-state index contributed by atoms with van der Waals surface area (Å²) in [6.07, 6.45) is 0.397. The molecule has 3 aromatic carbocycles. The first-order valence-corrected chi connectivity index (χ1v) is 12.5. The average Bonchev–Trinajstić information content (AvgIpc) is 3.25. The molecule has 1 aromatic heterocycles. The monoisotopic (exact) mass is 475 g/mol. The number of fused-ring (bicyclic) bond motifs is 1. The molecular weight excluding hydrogens is 454 g/mol. The summed E-state index contributed by atoms with van der Waals surface area (Å²) in [4.78, 5) is 4.71. The fourth-order valence-electron chi connectivity index (χ4n) is 4.02. The summed E-state index contributed by atoms with van der Waals surface area (Å²) in [5.74, 6) is 0. The van der Waals surface area contributed by atoms with Gasteiger partial charge in [-0.2, -0.15) is 17.9 Å². The fraction of sp³-hybridized carbons (Fsp3) is 0.154. The van der Waals surface area contributed by atoms with Crippen LogP contribution in [0.5, 0.6) is 0 Å². The van der Waals surface area contributed by atoms with E-state index in [4.69, 9.17) is 11.6 Å². The second-order valence-electron chi connectivity index (χ2n) is 8.28. The number of pyridine rings is 1. The molecule has 0 fully saturated rings. The maximum absolute atomic E-state index is 13.7. The minimum atomic E-state index is -3.91. The molecule has 0 spiro atoms. The van der Waals surface area contributed by atoms with Crippen molar-refractivity contribution >= 4 is 38.2 Å². The maximum Gasteiger partial charge on any atom is 0.279 e. The average molecular weight is 476 g/mol. The lowest BCUT2D eigenvalue weighted by Gasteiger charge is -2.24. The number of hydrogen-bond donors (Lipinski definition) is 0. The van der Waals surface area contributed by atoms with Crippen molar-refractivity contribution in [2.24, 2.45) is 5.10 Å². The number of benzene rings is 3. The standard InChI is InChI=1S/C26H22ClN3O2S/c1-17-7-11-19(12-8-17)24-16-25(22-15-20-5-3-4-6-23(20)28-26(22)27)30(29-24)33(31,32)21-13-9-18(2)10-14-21/h3-15,25H,16H2,1-2H3. The maximum atomic E-state index is 13.7. The van der Waals surface area contributed by atoms with Crippen LogP contribution in [-0.2, 0) is 10.0 Å². The Bertz CT molecular complexity index is 1480. The van der Waals surface area contributed by atoms with E-state index in [-0.39, 0.29) is 10.0 Å². The first-order chi connectivity index (χ1) is 15.8. The molecule has 0 aliphatic carbocycles. The molecule has 0 saturated carbocycles. The molecule has 0 N–H and O–H groups in total. The second-order valence-corrected chi connectivity index (χ2v) is 10.4. The summed E-state index contributed by atoms with van der Waals surface area (Å²) < 4.78 is 28.6. The first kappa shape index (κ1) is 21.6. The van der Waals surface area contributed by atoms with Gasteiger partial charge in [-0.15, -0.1) is 0 Å². The van der Waals surface area contributed by atoms with E-state index in [2.05, 4.69) is 10.1 Å². The van der Waals surface area contributed by atoms with Crippen LogP contribution in [0.25, 0.3) is 10.9 Å². The lowest BCUT2D eigenvalue weighted by Crippen LogP contribution is -2.27. The zero-order valence-electron chi connectivity index (χ0n) is 18.2. The molecule has 5 rings (SSSR count). The van der Waals surface area contributed by atoms with Gasteiger partial charge in [-0.25, -0.2) is 4.98 Å². The van der Waals surface area contributed by atoms with Crippen molar-refractivity contribution in [3.63, 3.8) is 0 Å². The third-order valence-electron chi connectivity index (χ3n) is 5.89. The van der Waals surface area contributed by atoms with E-state index in [1.807, 2.05) is 68.4 Å². The largest absolute Gasteiger partial charge is 0.279 e. The highest BCUT2D eigenvalue weighted by molar-refractivity contribution is 7.89. The van der Waals surface area contributed by atoms with Crippen molar-refractivity contribution in [3.05, 3.63) is 106 Å². The summed E-state index contributed by atoms with van der Waals surface area (Å²) in [7, 11) is -3.91. The van der Waals surface area contributed by atoms with E-state index in [0.717, 1.165) is 27.6 Å². The highest BCUT2D eigenvalue weighted by atomic mass is 35.5. The van der Waals surface area contributed by atoms with Gasteiger partial charge >= 0.3 is 0 Å². The molecule has 5 nitrogen and oxygen atoms in total. The summed E-state index contributed by atoms with van der Waals surface area (Å²) in [6.45, 7) is 3.93. The van der Waals surface area contributed by atoms with Crippen LogP contribution in [0.2, 0.25) is 5.15 Å². The molecule has 0 radical (unpaired) electrons. The highest BCUT2D eigenvalue weighted by Crippen LogP contribution is 2.40. The lowest BCUT2D eigenvalue weighted by molar-refractivity contribution is 0.371. The predicted molar refractivity (Wildman–Crippen MR) is 132 cm³/mol. The van der Waals surface area contributed by atoms with E-state index in [0.29, 0.717) is 17.7 Å². The number of halogens is 1. The van der Waals surface area contributed by atoms with Crippen LogP contribution in [0.4, 0.5) is 0 Å². The third kappa shape index (κ3) is 4.01. The van der Waals surface area contributed by atoms with Gasteiger partial charge < -0.3 is 0 Å². The van der Waals surface area contributed by atoms with Gasteiger partial charge in [0.2, 0.25) is 0 Å². The number of hydrogen-bond acceptors (Lipinski definition) is 4. The van der Waals surface area contributed by atoms with Crippen molar-refractivity contribution in [1.82, 2.24) is 9.40 Å². The quantitative estimate of drug-likeness (QED) is 0.338. The normalized spacial score (nSPS) is 16.3. The van der Waals surface area contributed by atoms with E-state index in [1.165, 1.54) is 4.41 Å². The zero-order chi connectivity index (χ0) is 23.2. The predicted octanol–water partition coefficient (Wildman–Crippen LogP) is 6.05. The Morgan fingerprint density at radius 2 is 1.55 bits per heavy atom. The number of nitrogens with zero attached hydrogens (tertiary/aromatic N) is 3. The SMILES string of the molecule is Cc1ccc(C2=NN(S(=O)(=O)c3ccc(C)cc3)C(c3cc4ccccc4nc3Cl)C2)cc1. The van der Waals surface area contributed by atoms with Crippen molar-refractivity contribution in [2.45, 2.75) is 31.2 Å². The second kappa shape index (κ2) is 8.28. The van der Waals surface area contributed by atoms with Gasteiger partial charge in [0.25, 0.3) is 10.0 Å². The Hall–Kier alpha value is -3.22. The molecule has 0 bridgehead atoms. The van der Waals surface area contributed by atoms with Crippen LogP contribution in [0.3, 0.4) is 0 Å². The van der Waals surface area contributed by atoms with Crippen LogP contribution in [0, 0.1) is 13.8 Å². The minimum absolute atomic E-state index is 0.192. The van der Waals surface area contributed by atoms with Crippen molar-refractivity contribution in [3.8, 4) is 0 Å². The van der Waals surface area contributed by atoms with Crippen LogP contribution in [-0.4, -0.2) is 23.5 Å². The molecule has 166 valence electrons. The summed E-state index contributed by atoms with van der Waals surface area (Å²) in [6, 6.07) is 23.7. The van der Waals surface area contributed by atoms with E-state index >= 15 is 0 Å². The highest BCUT2D eigenvalue weighted by Gasteiger charge is 2.39. The van der Waals surface area contributed by atoms with Crippen LogP contribution < -0.4 is 0 Å². The number of para-hydroxylation sites is 1. The summed E-state index contributed by atoms with van der Waals surface area (Å²) >= 11 is 6.60. The number of sulfonamides is 1. The zero-order valence-corrected chi connectivity index (χ0v) is 19.8. The first-order valence-electron chi connectivity index (χ1n) is 10.6. The van der Waals surface area contributed by atoms with Crippen LogP contribution in [0.15, 0.2) is 88.9 Å². The van der Waals surface area contributed by atoms with Crippen LogP contribution in [0.1, 0.15) is 34.7 Å². The van der Waals surface area contributed by atoms with E-state index < -0.39 is 16.1 Å². The summed E-state index contributed by atoms with van der Waals surface area (Å²) in [5.41, 5.74) is 5.09. The molecule has 1 aliphatic rings. The van der Waals surface area contributed by atoms with Crippen molar-refractivity contribution in [1.29, 1.82) is 0 Å².